The summed E-state index contributed by atoms with van der Waals surface area (Å²) in [6.45, 7) is 5.66. The van der Waals surface area contributed by atoms with Gasteiger partial charge in [-0.25, -0.2) is 0 Å². The average molecular weight is 126 g/mol. The summed E-state index contributed by atoms with van der Waals surface area (Å²) in [6.07, 6.45) is 3.77. The van der Waals surface area contributed by atoms with Crippen molar-refractivity contribution in [2.45, 2.75) is 19.8 Å². The van der Waals surface area contributed by atoms with Crippen molar-refractivity contribution in [3.05, 3.63) is 12.8 Å². The van der Waals surface area contributed by atoms with Gasteiger partial charge >= 0.3 is 0 Å². The van der Waals surface area contributed by atoms with E-state index in [0.717, 1.165) is 18.7 Å². The molecule has 1 N–H and O–H groups in total. The smallest absolute Gasteiger partial charge is 0.0998 e. The van der Waals surface area contributed by atoms with E-state index in [9.17, 15) is 0 Å². The van der Waals surface area contributed by atoms with Crippen LogP contribution in [0.4, 0.5) is 0 Å². The summed E-state index contributed by atoms with van der Waals surface area (Å²) in [7, 11) is 1.78. The van der Waals surface area contributed by atoms with Crippen LogP contribution in [0.3, 0.4) is 0 Å². The lowest BCUT2D eigenvalue weighted by atomic mass is 10.3. The summed E-state index contributed by atoms with van der Waals surface area (Å²) >= 11 is 0. The van der Waals surface area contributed by atoms with Crippen molar-refractivity contribution in [2.75, 3.05) is 7.05 Å². The standard InChI is InChI=1S/C7H14N2/c1-4-6-7(8-3)9-5-2/h5H,2,4,6H2,1,3H3,(H,8,9). The molecule has 0 heterocycles. The van der Waals surface area contributed by atoms with Gasteiger partial charge in [0.2, 0.25) is 0 Å². The molecule has 0 aromatic carbocycles. The molecule has 0 bridgehead atoms. The Bertz CT molecular complexity index is 105. The first-order valence-corrected chi connectivity index (χ1v) is 3.18. The fourth-order valence-electron chi connectivity index (χ4n) is 0.603. The minimum Gasteiger partial charge on any atom is -0.351 e. The zero-order chi connectivity index (χ0) is 7.11. The molecule has 0 saturated heterocycles. The van der Waals surface area contributed by atoms with E-state index in [-0.39, 0.29) is 0 Å². The SMILES string of the molecule is C=CNC(CCC)=NC. The first kappa shape index (κ1) is 8.21. The maximum absolute atomic E-state index is 4.00. The van der Waals surface area contributed by atoms with Crippen LogP contribution >= 0.6 is 0 Å². The third-order valence-electron chi connectivity index (χ3n) is 1.03. The molecule has 0 radical (unpaired) electrons. The van der Waals surface area contributed by atoms with Gasteiger partial charge in [-0.05, 0) is 12.6 Å². The van der Waals surface area contributed by atoms with E-state index in [2.05, 4.69) is 23.8 Å². The van der Waals surface area contributed by atoms with Crippen LogP contribution in [-0.4, -0.2) is 12.9 Å². The summed E-state index contributed by atoms with van der Waals surface area (Å²) in [6, 6.07) is 0. The van der Waals surface area contributed by atoms with Gasteiger partial charge in [0.05, 0.1) is 5.84 Å². The number of aliphatic imine (C=N–C) groups is 1. The monoisotopic (exact) mass is 126 g/mol. The van der Waals surface area contributed by atoms with Crippen molar-refractivity contribution < 1.29 is 0 Å². The largest absolute Gasteiger partial charge is 0.351 e. The number of nitrogens with zero attached hydrogens (tertiary/aromatic N) is 1. The number of hydrogen-bond acceptors (Lipinski definition) is 1. The van der Waals surface area contributed by atoms with E-state index in [4.69, 9.17) is 0 Å². The highest BCUT2D eigenvalue weighted by molar-refractivity contribution is 5.82. The van der Waals surface area contributed by atoms with Crippen molar-refractivity contribution in [2.24, 2.45) is 4.99 Å². The Morgan fingerprint density at radius 3 is 2.78 bits per heavy atom. The molecular formula is C7H14N2. The second-order valence-corrected chi connectivity index (χ2v) is 1.77. The average Bonchev–Trinajstić information content (AvgIpc) is 1.88. The van der Waals surface area contributed by atoms with Crippen molar-refractivity contribution in [1.82, 2.24) is 5.32 Å². The van der Waals surface area contributed by atoms with Crippen LogP contribution in [0.2, 0.25) is 0 Å². The molecule has 0 atom stereocenters. The van der Waals surface area contributed by atoms with Gasteiger partial charge in [0.15, 0.2) is 0 Å². The lowest BCUT2D eigenvalue weighted by molar-refractivity contribution is 0.954. The lowest BCUT2D eigenvalue weighted by Gasteiger charge is -2.00. The molecule has 0 aliphatic carbocycles. The minimum absolute atomic E-state index is 1.00. The fourth-order valence-corrected chi connectivity index (χ4v) is 0.603. The second-order valence-electron chi connectivity index (χ2n) is 1.77. The molecule has 0 aromatic rings. The first-order valence-electron chi connectivity index (χ1n) is 3.18. The van der Waals surface area contributed by atoms with Gasteiger partial charge in [-0.1, -0.05) is 13.5 Å². The van der Waals surface area contributed by atoms with Gasteiger partial charge in [-0.15, -0.1) is 0 Å². The van der Waals surface area contributed by atoms with Crippen molar-refractivity contribution in [1.29, 1.82) is 0 Å². The summed E-state index contributed by atoms with van der Waals surface area (Å²) in [5.74, 6) is 1.01. The summed E-state index contributed by atoms with van der Waals surface area (Å²) < 4.78 is 0. The van der Waals surface area contributed by atoms with Gasteiger partial charge in [0, 0.05) is 13.5 Å². The Hall–Kier alpha value is -0.790. The van der Waals surface area contributed by atoms with E-state index in [1.165, 1.54) is 0 Å². The second kappa shape index (κ2) is 5.35. The third kappa shape index (κ3) is 3.76. The van der Waals surface area contributed by atoms with E-state index < -0.39 is 0 Å². The van der Waals surface area contributed by atoms with E-state index in [1.54, 1.807) is 13.2 Å². The van der Waals surface area contributed by atoms with Gasteiger partial charge in [-0.3, -0.25) is 4.99 Å². The van der Waals surface area contributed by atoms with E-state index in [0.29, 0.717) is 0 Å². The number of rotatable bonds is 3. The molecule has 0 aromatic heterocycles. The normalized spacial score (nSPS) is 11.1. The van der Waals surface area contributed by atoms with E-state index in [1.807, 2.05) is 0 Å². The number of amidine groups is 1. The summed E-state index contributed by atoms with van der Waals surface area (Å²) in [5, 5.41) is 2.95. The predicted molar refractivity (Wildman–Crippen MR) is 41.6 cm³/mol. The molecule has 2 heteroatoms. The van der Waals surface area contributed by atoms with Gasteiger partial charge < -0.3 is 5.32 Å². The maximum Gasteiger partial charge on any atom is 0.0998 e. The number of hydrogen-bond donors (Lipinski definition) is 1. The van der Waals surface area contributed by atoms with Crippen LogP contribution in [0.15, 0.2) is 17.8 Å². The van der Waals surface area contributed by atoms with Crippen molar-refractivity contribution >= 4 is 5.84 Å². The molecule has 2 nitrogen and oxygen atoms in total. The highest BCUT2D eigenvalue weighted by Crippen LogP contribution is 1.87. The van der Waals surface area contributed by atoms with Gasteiger partial charge in [0.1, 0.15) is 0 Å². The van der Waals surface area contributed by atoms with Crippen LogP contribution in [0.25, 0.3) is 0 Å². The molecule has 52 valence electrons. The minimum atomic E-state index is 1.00. The van der Waals surface area contributed by atoms with Crippen molar-refractivity contribution in [3.63, 3.8) is 0 Å². The van der Waals surface area contributed by atoms with Gasteiger partial charge in [0.25, 0.3) is 0 Å². The third-order valence-corrected chi connectivity index (χ3v) is 1.03. The molecular weight excluding hydrogens is 112 g/mol. The van der Waals surface area contributed by atoms with Crippen LogP contribution in [0.5, 0.6) is 0 Å². The Morgan fingerprint density at radius 1 is 1.78 bits per heavy atom. The van der Waals surface area contributed by atoms with Gasteiger partial charge in [-0.2, -0.15) is 0 Å². The molecule has 9 heavy (non-hydrogen) atoms. The Kier molecular flexibility index (Phi) is 4.88. The van der Waals surface area contributed by atoms with Crippen LogP contribution in [0.1, 0.15) is 19.8 Å². The molecule has 0 spiro atoms. The molecule has 0 rings (SSSR count). The van der Waals surface area contributed by atoms with E-state index >= 15 is 0 Å². The molecule has 0 aliphatic rings. The Balaban J connectivity index is 3.55. The highest BCUT2D eigenvalue weighted by atomic mass is 15.0. The van der Waals surface area contributed by atoms with Crippen LogP contribution in [-0.2, 0) is 0 Å². The summed E-state index contributed by atoms with van der Waals surface area (Å²) in [4.78, 5) is 4.00. The zero-order valence-electron chi connectivity index (χ0n) is 6.15. The van der Waals surface area contributed by atoms with Crippen LogP contribution < -0.4 is 5.32 Å². The molecule has 0 unspecified atom stereocenters. The molecule has 0 saturated carbocycles. The summed E-state index contributed by atoms with van der Waals surface area (Å²) in [5.41, 5.74) is 0. The maximum atomic E-state index is 4.00. The van der Waals surface area contributed by atoms with Crippen molar-refractivity contribution in [3.8, 4) is 0 Å². The zero-order valence-corrected chi connectivity index (χ0v) is 6.15. The van der Waals surface area contributed by atoms with Crippen LogP contribution in [0, 0.1) is 0 Å². The lowest BCUT2D eigenvalue weighted by Crippen LogP contribution is -2.15. The number of nitrogens with one attached hydrogen (secondary N) is 1. The Labute approximate surface area is 56.7 Å². The quantitative estimate of drug-likeness (QED) is 0.450. The molecule has 0 aliphatic heterocycles. The fraction of sp³-hybridized carbons (Fsp3) is 0.571. The Morgan fingerprint density at radius 2 is 2.44 bits per heavy atom. The first-order chi connectivity index (χ1) is 4.35. The topological polar surface area (TPSA) is 24.4 Å². The predicted octanol–water partition coefficient (Wildman–Crippen LogP) is 1.55. The molecule has 0 fully saturated rings. The highest BCUT2D eigenvalue weighted by Gasteiger charge is 1.89. The molecule has 0 amide bonds.